The Bertz CT molecular complexity index is 1260. The zero-order valence-electron chi connectivity index (χ0n) is 21.0. The molecule has 2 aliphatic rings. The van der Waals surface area contributed by atoms with Gasteiger partial charge in [-0.1, -0.05) is 18.2 Å². The smallest absolute Gasteiger partial charge is 0.414 e. The second kappa shape index (κ2) is 9.84. The number of nitrogens with zero attached hydrogens (tertiary/aromatic N) is 3. The lowest BCUT2D eigenvalue weighted by Gasteiger charge is -2.34. The molecule has 0 radical (unpaired) electrons. The number of ether oxygens (including phenoxy) is 2. The van der Waals surface area contributed by atoms with Crippen molar-refractivity contribution in [2.75, 3.05) is 12.0 Å². The number of para-hydroxylation sites is 1. The van der Waals surface area contributed by atoms with Crippen LogP contribution < -0.4 is 9.64 Å². The predicted octanol–water partition coefficient (Wildman–Crippen LogP) is 5.90. The van der Waals surface area contributed by atoms with Crippen molar-refractivity contribution in [3.05, 3.63) is 53.9 Å². The molecule has 1 aliphatic carbocycles. The highest BCUT2D eigenvalue weighted by molar-refractivity contribution is 5.95. The Morgan fingerprint density at radius 1 is 1.06 bits per heavy atom. The van der Waals surface area contributed by atoms with E-state index < -0.39 is 5.97 Å². The Morgan fingerprint density at radius 2 is 1.78 bits per heavy atom. The molecule has 8 heteroatoms. The summed E-state index contributed by atoms with van der Waals surface area (Å²) in [5.41, 5.74) is 3.77. The number of imidazole rings is 1. The number of aliphatic carboxylic acids is 1. The normalized spacial score (nSPS) is 22.6. The fourth-order valence-electron chi connectivity index (χ4n) is 5.80. The van der Waals surface area contributed by atoms with E-state index in [-0.39, 0.29) is 30.2 Å². The van der Waals surface area contributed by atoms with Crippen LogP contribution in [0.5, 0.6) is 5.75 Å². The van der Waals surface area contributed by atoms with Crippen LogP contribution in [0.1, 0.15) is 69.5 Å². The largest absolute Gasteiger partial charge is 0.483 e. The minimum Gasteiger partial charge on any atom is -0.483 e. The number of amides is 1. The summed E-state index contributed by atoms with van der Waals surface area (Å²) in [6.45, 7) is 4.04. The summed E-state index contributed by atoms with van der Waals surface area (Å²) in [6, 6.07) is 13.9. The zero-order chi connectivity index (χ0) is 25.4. The highest BCUT2D eigenvalue weighted by Crippen LogP contribution is 2.41. The van der Waals surface area contributed by atoms with Crippen LogP contribution in [0.15, 0.2) is 42.5 Å². The van der Waals surface area contributed by atoms with Gasteiger partial charge in [-0.3, -0.25) is 9.69 Å². The monoisotopic (exact) mass is 491 g/mol. The number of carbonyl (C=O) groups is 2. The topological polar surface area (TPSA) is 93.9 Å². The van der Waals surface area contributed by atoms with Crippen molar-refractivity contribution in [3.8, 4) is 5.75 Å². The molecular weight excluding hydrogens is 458 g/mol. The SMILES string of the molecule is COC(=O)N1c2ccc3c(nc([C@@H](C)Oc4ccccc4)n3C3CCC(C(=O)O)CC3)c2CCC1C. The Kier molecular flexibility index (Phi) is 6.60. The molecule has 8 nitrogen and oxygen atoms in total. The van der Waals surface area contributed by atoms with Crippen LogP contribution in [-0.4, -0.2) is 39.9 Å². The van der Waals surface area contributed by atoms with Crippen LogP contribution in [0.4, 0.5) is 10.5 Å². The summed E-state index contributed by atoms with van der Waals surface area (Å²) in [5, 5.41) is 9.50. The number of hydrogen-bond acceptors (Lipinski definition) is 5. The van der Waals surface area contributed by atoms with E-state index in [9.17, 15) is 14.7 Å². The number of methoxy groups -OCH3 is 1. The first kappa shape index (κ1) is 24.2. The molecule has 5 rings (SSSR count). The Hall–Kier alpha value is -3.55. The van der Waals surface area contributed by atoms with Crippen LogP contribution in [0.25, 0.3) is 11.0 Å². The van der Waals surface area contributed by atoms with E-state index >= 15 is 0 Å². The quantitative estimate of drug-likeness (QED) is 0.478. The van der Waals surface area contributed by atoms with E-state index in [1.807, 2.05) is 56.3 Å². The lowest BCUT2D eigenvalue weighted by molar-refractivity contribution is -0.143. The summed E-state index contributed by atoms with van der Waals surface area (Å²) >= 11 is 0. The highest BCUT2D eigenvalue weighted by Gasteiger charge is 2.34. The second-order valence-corrected chi connectivity index (χ2v) is 9.92. The first-order valence-electron chi connectivity index (χ1n) is 12.7. The first-order valence-corrected chi connectivity index (χ1v) is 12.7. The number of rotatable bonds is 5. The van der Waals surface area contributed by atoms with Crippen LogP contribution in [-0.2, 0) is 16.0 Å². The van der Waals surface area contributed by atoms with E-state index in [4.69, 9.17) is 14.5 Å². The second-order valence-electron chi connectivity index (χ2n) is 9.92. The zero-order valence-corrected chi connectivity index (χ0v) is 21.0. The maximum absolute atomic E-state index is 12.6. The molecule has 0 bridgehead atoms. The molecular formula is C28H33N3O5. The fourth-order valence-corrected chi connectivity index (χ4v) is 5.80. The number of aromatic nitrogens is 2. The van der Waals surface area contributed by atoms with Crippen molar-refractivity contribution in [2.24, 2.45) is 5.92 Å². The number of aryl methyl sites for hydroxylation is 1. The number of anilines is 1. The van der Waals surface area contributed by atoms with E-state index in [1.165, 1.54) is 7.11 Å². The molecule has 2 aromatic carbocycles. The molecule has 2 heterocycles. The van der Waals surface area contributed by atoms with Gasteiger partial charge in [0.25, 0.3) is 0 Å². The van der Waals surface area contributed by atoms with E-state index in [2.05, 4.69) is 4.57 Å². The van der Waals surface area contributed by atoms with Gasteiger partial charge < -0.3 is 19.1 Å². The van der Waals surface area contributed by atoms with Gasteiger partial charge in [-0.15, -0.1) is 0 Å². The summed E-state index contributed by atoms with van der Waals surface area (Å²) in [5.74, 6) is 0.589. The number of carboxylic acid groups (broad SMARTS) is 1. The molecule has 190 valence electrons. The molecule has 0 spiro atoms. The summed E-state index contributed by atoms with van der Waals surface area (Å²) in [4.78, 5) is 31.0. The molecule has 1 saturated carbocycles. The third-order valence-corrected chi connectivity index (χ3v) is 7.68. The molecule has 3 aromatic rings. The predicted molar refractivity (Wildman–Crippen MR) is 137 cm³/mol. The molecule has 1 unspecified atom stereocenters. The standard InChI is InChI=1S/C28H33N3O5/c1-17-9-14-22-23(30(17)28(34)35-3)15-16-24-25(22)29-26(18(2)36-21-7-5-4-6-8-21)31(24)20-12-10-19(11-13-20)27(32)33/h4-8,15-20H,9-14H2,1-3H3,(H,32,33)/t17?,18-,19?,20?/m1/s1. The molecule has 1 aliphatic heterocycles. The van der Waals surface area contributed by atoms with E-state index in [1.54, 1.807) is 4.90 Å². The van der Waals surface area contributed by atoms with E-state index in [0.717, 1.165) is 59.5 Å². The van der Waals surface area contributed by atoms with Gasteiger partial charge in [0.15, 0.2) is 11.9 Å². The van der Waals surface area contributed by atoms with Crippen LogP contribution in [0, 0.1) is 5.92 Å². The minimum absolute atomic E-state index is 0.0376. The van der Waals surface area contributed by atoms with Gasteiger partial charge >= 0.3 is 12.1 Å². The molecule has 2 atom stereocenters. The average molecular weight is 492 g/mol. The molecule has 36 heavy (non-hydrogen) atoms. The molecule has 1 amide bonds. The highest BCUT2D eigenvalue weighted by atomic mass is 16.5. The first-order chi connectivity index (χ1) is 17.4. The number of benzene rings is 2. The van der Waals surface area contributed by atoms with Gasteiger partial charge in [0, 0.05) is 17.6 Å². The lowest BCUT2D eigenvalue weighted by Crippen LogP contribution is -2.42. The van der Waals surface area contributed by atoms with Gasteiger partial charge in [-0.25, -0.2) is 9.78 Å². The lowest BCUT2D eigenvalue weighted by atomic mass is 9.85. The Balaban J connectivity index is 1.60. The summed E-state index contributed by atoms with van der Waals surface area (Å²) in [7, 11) is 1.41. The maximum atomic E-state index is 12.6. The van der Waals surface area contributed by atoms with Gasteiger partial charge in [0.2, 0.25) is 0 Å². The fraction of sp³-hybridized carbons (Fsp3) is 0.464. The van der Waals surface area contributed by atoms with Crippen molar-refractivity contribution in [2.45, 2.75) is 70.6 Å². The number of carboxylic acids is 1. The van der Waals surface area contributed by atoms with Crippen molar-refractivity contribution < 1.29 is 24.2 Å². The molecule has 1 fully saturated rings. The van der Waals surface area contributed by atoms with Crippen LogP contribution in [0.2, 0.25) is 0 Å². The maximum Gasteiger partial charge on any atom is 0.414 e. The van der Waals surface area contributed by atoms with Gasteiger partial charge in [0.1, 0.15) is 5.75 Å². The van der Waals surface area contributed by atoms with Gasteiger partial charge in [-0.05, 0) is 76.6 Å². The number of fused-ring (bicyclic) bond motifs is 3. The summed E-state index contributed by atoms with van der Waals surface area (Å²) in [6.07, 6.45) is 3.80. The Labute approximate surface area is 210 Å². The third-order valence-electron chi connectivity index (χ3n) is 7.68. The third kappa shape index (κ3) is 4.29. The van der Waals surface area contributed by atoms with Gasteiger partial charge in [-0.2, -0.15) is 0 Å². The van der Waals surface area contributed by atoms with Crippen molar-refractivity contribution in [1.82, 2.24) is 9.55 Å². The van der Waals surface area contributed by atoms with Crippen LogP contribution >= 0.6 is 0 Å². The Morgan fingerprint density at radius 3 is 2.44 bits per heavy atom. The molecule has 1 N–H and O–H groups in total. The van der Waals surface area contributed by atoms with Crippen molar-refractivity contribution in [3.63, 3.8) is 0 Å². The van der Waals surface area contributed by atoms with Gasteiger partial charge in [0.05, 0.1) is 29.7 Å². The number of hydrogen-bond donors (Lipinski definition) is 1. The molecule has 1 aromatic heterocycles. The summed E-state index contributed by atoms with van der Waals surface area (Å²) < 4.78 is 13.6. The average Bonchev–Trinajstić information content (AvgIpc) is 3.29. The number of carbonyl (C=O) groups excluding carboxylic acids is 1. The molecule has 0 saturated heterocycles. The minimum atomic E-state index is -0.712. The van der Waals surface area contributed by atoms with E-state index in [0.29, 0.717) is 12.8 Å². The van der Waals surface area contributed by atoms with Crippen molar-refractivity contribution >= 4 is 28.8 Å². The van der Waals surface area contributed by atoms with Crippen molar-refractivity contribution in [1.29, 1.82) is 0 Å². The van der Waals surface area contributed by atoms with Crippen LogP contribution in [0.3, 0.4) is 0 Å².